The highest BCUT2D eigenvalue weighted by Gasteiger charge is 2.34. The van der Waals surface area contributed by atoms with E-state index >= 15 is 0 Å². The van der Waals surface area contributed by atoms with E-state index < -0.39 is 0 Å². The fraction of sp³-hybridized carbons (Fsp3) is 0.929. The van der Waals surface area contributed by atoms with Crippen LogP contribution in [-0.2, 0) is 4.79 Å². The Morgan fingerprint density at radius 2 is 1.94 bits per heavy atom. The number of amides is 1. The number of nitrogens with zero attached hydrogens (tertiary/aromatic N) is 1. The van der Waals surface area contributed by atoms with Crippen molar-refractivity contribution in [3.05, 3.63) is 0 Å². The van der Waals surface area contributed by atoms with Crippen LogP contribution < -0.4 is 5.32 Å². The van der Waals surface area contributed by atoms with Gasteiger partial charge in [0, 0.05) is 25.6 Å². The van der Waals surface area contributed by atoms with Gasteiger partial charge in [0.1, 0.15) is 0 Å². The lowest BCUT2D eigenvalue weighted by molar-refractivity contribution is -0.133. The van der Waals surface area contributed by atoms with Gasteiger partial charge in [0.2, 0.25) is 5.91 Å². The molecule has 0 spiro atoms. The van der Waals surface area contributed by atoms with Crippen molar-refractivity contribution in [3.8, 4) is 0 Å². The minimum Gasteiger partial charge on any atom is -0.339 e. The van der Waals surface area contributed by atoms with Crippen LogP contribution in [0.25, 0.3) is 0 Å². The Balaban J connectivity index is 1.89. The molecule has 1 N–H and O–H groups in total. The fourth-order valence-corrected chi connectivity index (χ4v) is 3.49. The molecule has 2 fully saturated rings. The van der Waals surface area contributed by atoms with Crippen LogP contribution in [0.15, 0.2) is 0 Å². The van der Waals surface area contributed by atoms with Crippen LogP contribution in [0.3, 0.4) is 0 Å². The SMILES string of the molecule is CNCCC(=O)N1CCCC1C1CCCCC1. The Labute approximate surface area is 105 Å². The summed E-state index contributed by atoms with van der Waals surface area (Å²) >= 11 is 0. The molecule has 1 saturated heterocycles. The van der Waals surface area contributed by atoms with Crippen molar-refractivity contribution in [3.63, 3.8) is 0 Å². The third-order valence-corrected chi connectivity index (χ3v) is 4.40. The molecule has 1 heterocycles. The minimum atomic E-state index is 0.368. The summed E-state index contributed by atoms with van der Waals surface area (Å²) in [5.41, 5.74) is 0. The van der Waals surface area contributed by atoms with Crippen LogP contribution >= 0.6 is 0 Å². The van der Waals surface area contributed by atoms with Crippen molar-refractivity contribution in [1.82, 2.24) is 10.2 Å². The van der Waals surface area contributed by atoms with E-state index in [1.54, 1.807) is 0 Å². The lowest BCUT2D eigenvalue weighted by Gasteiger charge is -2.34. The molecule has 0 radical (unpaired) electrons. The quantitative estimate of drug-likeness (QED) is 0.814. The van der Waals surface area contributed by atoms with Crippen LogP contribution in [0.5, 0.6) is 0 Å². The topological polar surface area (TPSA) is 32.3 Å². The number of nitrogens with one attached hydrogen (secondary N) is 1. The first-order valence-electron chi connectivity index (χ1n) is 7.27. The molecule has 1 saturated carbocycles. The van der Waals surface area contributed by atoms with Gasteiger partial charge in [-0.3, -0.25) is 4.79 Å². The predicted molar refractivity (Wildman–Crippen MR) is 69.9 cm³/mol. The highest BCUT2D eigenvalue weighted by Crippen LogP contribution is 2.34. The van der Waals surface area contributed by atoms with E-state index in [0.29, 0.717) is 18.4 Å². The zero-order valence-corrected chi connectivity index (χ0v) is 11.1. The van der Waals surface area contributed by atoms with Crippen molar-refractivity contribution in [2.75, 3.05) is 20.1 Å². The standard InChI is InChI=1S/C14H26N2O/c1-15-10-9-14(17)16-11-5-8-13(16)12-6-3-2-4-7-12/h12-13,15H,2-11H2,1H3. The molecular weight excluding hydrogens is 212 g/mol. The smallest absolute Gasteiger partial charge is 0.224 e. The molecule has 1 unspecified atom stereocenters. The summed E-state index contributed by atoms with van der Waals surface area (Å²) in [6.45, 7) is 1.82. The molecule has 1 aliphatic carbocycles. The van der Waals surface area contributed by atoms with E-state index in [1.165, 1.54) is 44.9 Å². The molecule has 2 rings (SSSR count). The van der Waals surface area contributed by atoms with E-state index in [4.69, 9.17) is 0 Å². The highest BCUT2D eigenvalue weighted by molar-refractivity contribution is 5.77. The number of rotatable bonds is 4. The Morgan fingerprint density at radius 1 is 1.18 bits per heavy atom. The zero-order valence-electron chi connectivity index (χ0n) is 11.1. The van der Waals surface area contributed by atoms with Crippen molar-refractivity contribution >= 4 is 5.91 Å². The van der Waals surface area contributed by atoms with Crippen molar-refractivity contribution < 1.29 is 4.79 Å². The van der Waals surface area contributed by atoms with E-state index in [0.717, 1.165) is 19.0 Å². The van der Waals surface area contributed by atoms with Gasteiger partial charge in [-0.05, 0) is 38.6 Å². The summed E-state index contributed by atoms with van der Waals surface area (Å²) < 4.78 is 0. The van der Waals surface area contributed by atoms with Gasteiger partial charge in [-0.25, -0.2) is 0 Å². The Morgan fingerprint density at radius 3 is 2.65 bits per heavy atom. The van der Waals surface area contributed by atoms with Gasteiger partial charge in [0.05, 0.1) is 0 Å². The predicted octanol–water partition coefficient (Wildman–Crippen LogP) is 2.17. The lowest BCUT2D eigenvalue weighted by Crippen LogP contribution is -2.41. The van der Waals surface area contributed by atoms with Gasteiger partial charge in [0.25, 0.3) is 0 Å². The fourth-order valence-electron chi connectivity index (χ4n) is 3.49. The van der Waals surface area contributed by atoms with E-state index in [-0.39, 0.29) is 0 Å². The summed E-state index contributed by atoms with van der Waals surface area (Å²) in [6, 6.07) is 0.569. The summed E-state index contributed by atoms with van der Waals surface area (Å²) in [6.07, 6.45) is 9.97. The first-order chi connectivity index (χ1) is 8.33. The second-order valence-electron chi connectivity index (χ2n) is 5.55. The van der Waals surface area contributed by atoms with Gasteiger partial charge < -0.3 is 10.2 Å². The molecule has 2 aliphatic rings. The van der Waals surface area contributed by atoms with Crippen LogP contribution in [0.1, 0.15) is 51.4 Å². The van der Waals surface area contributed by atoms with Gasteiger partial charge in [-0.15, -0.1) is 0 Å². The maximum atomic E-state index is 12.1. The van der Waals surface area contributed by atoms with E-state index in [9.17, 15) is 4.79 Å². The molecule has 98 valence electrons. The Bertz CT molecular complexity index is 249. The van der Waals surface area contributed by atoms with Crippen LogP contribution in [-0.4, -0.2) is 37.0 Å². The van der Waals surface area contributed by atoms with Crippen molar-refractivity contribution in [2.24, 2.45) is 5.92 Å². The minimum absolute atomic E-state index is 0.368. The number of likely N-dealkylation sites (tertiary alicyclic amines) is 1. The average molecular weight is 238 g/mol. The molecule has 1 aliphatic heterocycles. The summed E-state index contributed by atoms with van der Waals surface area (Å²) in [5, 5.41) is 3.07. The Hall–Kier alpha value is -0.570. The monoisotopic (exact) mass is 238 g/mol. The van der Waals surface area contributed by atoms with Crippen LogP contribution in [0, 0.1) is 5.92 Å². The maximum absolute atomic E-state index is 12.1. The second kappa shape index (κ2) is 6.39. The van der Waals surface area contributed by atoms with Gasteiger partial charge >= 0.3 is 0 Å². The second-order valence-corrected chi connectivity index (χ2v) is 5.55. The summed E-state index contributed by atoms with van der Waals surface area (Å²) in [7, 11) is 1.91. The van der Waals surface area contributed by atoms with Gasteiger partial charge in [-0.1, -0.05) is 19.3 Å². The largest absolute Gasteiger partial charge is 0.339 e. The summed E-state index contributed by atoms with van der Waals surface area (Å²) in [4.78, 5) is 14.3. The van der Waals surface area contributed by atoms with Gasteiger partial charge in [-0.2, -0.15) is 0 Å². The maximum Gasteiger partial charge on any atom is 0.224 e. The molecule has 1 amide bonds. The van der Waals surface area contributed by atoms with Crippen LogP contribution in [0.2, 0.25) is 0 Å². The summed E-state index contributed by atoms with van der Waals surface area (Å²) in [5.74, 6) is 1.16. The Kier molecular flexibility index (Phi) is 4.84. The molecule has 17 heavy (non-hydrogen) atoms. The molecule has 1 atom stereocenters. The molecular formula is C14H26N2O. The average Bonchev–Trinajstić information content (AvgIpc) is 2.86. The normalized spacial score (nSPS) is 26.4. The number of hydrogen-bond donors (Lipinski definition) is 1. The molecule has 0 aromatic rings. The van der Waals surface area contributed by atoms with Gasteiger partial charge in [0.15, 0.2) is 0 Å². The molecule has 0 bridgehead atoms. The highest BCUT2D eigenvalue weighted by atomic mass is 16.2. The van der Waals surface area contributed by atoms with E-state index in [2.05, 4.69) is 10.2 Å². The van der Waals surface area contributed by atoms with E-state index in [1.807, 2.05) is 7.05 Å². The number of carbonyl (C=O) groups excluding carboxylic acids is 1. The molecule has 0 aromatic heterocycles. The lowest BCUT2D eigenvalue weighted by atomic mass is 9.83. The first kappa shape index (κ1) is 12.9. The van der Waals surface area contributed by atoms with Crippen molar-refractivity contribution in [2.45, 2.75) is 57.4 Å². The number of carbonyl (C=O) groups is 1. The number of hydrogen-bond acceptors (Lipinski definition) is 2. The molecule has 3 nitrogen and oxygen atoms in total. The van der Waals surface area contributed by atoms with Crippen LogP contribution in [0.4, 0.5) is 0 Å². The zero-order chi connectivity index (χ0) is 12.1. The third kappa shape index (κ3) is 3.21. The molecule has 3 heteroatoms. The third-order valence-electron chi connectivity index (χ3n) is 4.40. The first-order valence-corrected chi connectivity index (χ1v) is 7.27. The van der Waals surface area contributed by atoms with Crippen molar-refractivity contribution in [1.29, 1.82) is 0 Å². The molecule has 0 aromatic carbocycles.